The van der Waals surface area contributed by atoms with Crippen LogP contribution < -0.4 is 25.6 Å². The second-order valence-electron chi connectivity index (χ2n) is 5.84. The molecule has 3 rings (SSSR count). The van der Waals surface area contributed by atoms with Crippen LogP contribution in [0.1, 0.15) is 12.0 Å². The summed E-state index contributed by atoms with van der Waals surface area (Å²) in [5.41, 5.74) is 7.15. The number of nitrogens with zero attached hydrogens (tertiary/aromatic N) is 1. The first-order valence-electron chi connectivity index (χ1n) is 8.19. The zero-order valence-electron chi connectivity index (χ0n) is 14.1. The molecule has 1 aromatic carbocycles. The normalized spacial score (nSPS) is 19.4. The summed E-state index contributed by atoms with van der Waals surface area (Å²) in [5.74, 6) is 1.46. The highest BCUT2D eigenvalue weighted by atomic mass is 16.5. The molecule has 2 heterocycles. The van der Waals surface area contributed by atoms with Crippen LogP contribution in [0.15, 0.2) is 48.8 Å². The van der Waals surface area contributed by atoms with E-state index in [0.717, 1.165) is 17.1 Å². The second-order valence-corrected chi connectivity index (χ2v) is 5.84. The van der Waals surface area contributed by atoms with Crippen molar-refractivity contribution in [3.8, 4) is 11.5 Å². The summed E-state index contributed by atoms with van der Waals surface area (Å²) in [5, 5.41) is 2.92. The number of carbonyl (C=O) groups excluding carboxylic acids is 1. The van der Waals surface area contributed by atoms with E-state index in [2.05, 4.69) is 21.2 Å². The lowest BCUT2D eigenvalue weighted by Gasteiger charge is -2.12. The van der Waals surface area contributed by atoms with Gasteiger partial charge in [0.15, 0.2) is 0 Å². The lowest BCUT2D eigenvalue weighted by Crippen LogP contribution is -2.43. The average Bonchev–Trinajstić information content (AvgIpc) is 3.14. The molecule has 1 saturated heterocycles. The van der Waals surface area contributed by atoms with Gasteiger partial charge < -0.3 is 14.8 Å². The van der Waals surface area contributed by atoms with Gasteiger partial charge >= 0.3 is 0 Å². The van der Waals surface area contributed by atoms with Crippen molar-refractivity contribution in [3.63, 3.8) is 0 Å². The van der Waals surface area contributed by atoms with Crippen molar-refractivity contribution in [2.24, 2.45) is 0 Å². The van der Waals surface area contributed by atoms with Crippen LogP contribution in [0.3, 0.4) is 0 Å². The molecule has 1 aliphatic rings. The first-order chi connectivity index (χ1) is 12.2. The third kappa shape index (κ3) is 4.91. The van der Waals surface area contributed by atoms with E-state index < -0.39 is 0 Å². The minimum Gasteiger partial charge on any atom is -0.497 e. The Morgan fingerprint density at radius 2 is 2.04 bits per heavy atom. The van der Waals surface area contributed by atoms with Crippen molar-refractivity contribution >= 4 is 5.91 Å². The predicted molar refractivity (Wildman–Crippen MR) is 93.0 cm³/mol. The van der Waals surface area contributed by atoms with E-state index in [9.17, 15) is 4.79 Å². The molecule has 1 aromatic heterocycles. The number of rotatable bonds is 7. The van der Waals surface area contributed by atoms with Crippen LogP contribution in [-0.2, 0) is 11.3 Å². The number of methoxy groups -OCH3 is 1. The van der Waals surface area contributed by atoms with Gasteiger partial charge in [0, 0.05) is 25.0 Å². The largest absolute Gasteiger partial charge is 0.497 e. The fourth-order valence-corrected chi connectivity index (χ4v) is 2.60. The molecular formula is C18H22N4O3. The van der Waals surface area contributed by atoms with Crippen LogP contribution in [0.5, 0.6) is 11.5 Å². The monoisotopic (exact) mass is 342 g/mol. The van der Waals surface area contributed by atoms with Gasteiger partial charge in [0.25, 0.3) is 0 Å². The van der Waals surface area contributed by atoms with Gasteiger partial charge in [-0.3, -0.25) is 15.2 Å². The van der Waals surface area contributed by atoms with E-state index in [4.69, 9.17) is 9.47 Å². The molecular weight excluding hydrogens is 320 g/mol. The van der Waals surface area contributed by atoms with Crippen LogP contribution in [0.25, 0.3) is 0 Å². The van der Waals surface area contributed by atoms with Crippen LogP contribution in [0.2, 0.25) is 0 Å². The molecule has 0 spiro atoms. The van der Waals surface area contributed by atoms with Gasteiger partial charge in [-0.15, -0.1) is 0 Å². The summed E-state index contributed by atoms with van der Waals surface area (Å²) in [7, 11) is 1.62. The number of hydrazine groups is 1. The van der Waals surface area contributed by atoms with E-state index in [1.807, 2.05) is 36.4 Å². The standard InChI is InChI=1S/C18H22N4O3/c1-24-15-3-2-4-16(10-15)25-12-14-9-17(22-21-14)18(23)20-11-13-5-7-19-8-6-13/h2-8,10,14,17,21-22H,9,11-12H2,1H3,(H,20,23). The minimum atomic E-state index is -0.277. The maximum Gasteiger partial charge on any atom is 0.238 e. The molecule has 2 aromatic rings. The highest BCUT2D eigenvalue weighted by molar-refractivity contribution is 5.82. The summed E-state index contributed by atoms with van der Waals surface area (Å²) < 4.78 is 10.9. The number of ether oxygens (including phenoxy) is 2. The van der Waals surface area contributed by atoms with E-state index >= 15 is 0 Å². The molecule has 0 bridgehead atoms. The molecule has 0 radical (unpaired) electrons. The Bertz CT molecular complexity index is 696. The fraction of sp³-hybridized carbons (Fsp3) is 0.333. The molecule has 2 unspecified atom stereocenters. The number of hydrogen-bond donors (Lipinski definition) is 3. The molecule has 3 N–H and O–H groups in total. The predicted octanol–water partition coefficient (Wildman–Crippen LogP) is 1.02. The summed E-state index contributed by atoms with van der Waals surface area (Å²) in [6.07, 6.45) is 4.08. The Balaban J connectivity index is 1.42. The first-order valence-corrected chi connectivity index (χ1v) is 8.19. The lowest BCUT2D eigenvalue weighted by molar-refractivity contribution is -0.123. The van der Waals surface area contributed by atoms with Crippen LogP contribution in [-0.4, -0.2) is 36.7 Å². The van der Waals surface area contributed by atoms with E-state index in [-0.39, 0.29) is 18.0 Å². The highest BCUT2D eigenvalue weighted by Crippen LogP contribution is 2.19. The Morgan fingerprint density at radius 1 is 1.24 bits per heavy atom. The molecule has 2 atom stereocenters. The third-order valence-electron chi connectivity index (χ3n) is 4.01. The average molecular weight is 342 g/mol. The number of hydrogen-bond acceptors (Lipinski definition) is 6. The van der Waals surface area contributed by atoms with Gasteiger partial charge in [0.2, 0.25) is 5.91 Å². The zero-order chi connectivity index (χ0) is 17.5. The topological polar surface area (TPSA) is 84.5 Å². The molecule has 7 heteroatoms. The smallest absolute Gasteiger partial charge is 0.238 e. The molecule has 1 fully saturated rings. The first kappa shape index (κ1) is 17.2. The molecule has 0 saturated carbocycles. The van der Waals surface area contributed by atoms with Crippen molar-refractivity contribution in [2.75, 3.05) is 13.7 Å². The van der Waals surface area contributed by atoms with Crippen LogP contribution in [0, 0.1) is 0 Å². The van der Waals surface area contributed by atoms with E-state index in [1.54, 1.807) is 19.5 Å². The van der Waals surface area contributed by atoms with E-state index in [1.165, 1.54) is 0 Å². The summed E-state index contributed by atoms with van der Waals surface area (Å²) in [4.78, 5) is 16.2. The number of carbonyl (C=O) groups is 1. The summed E-state index contributed by atoms with van der Waals surface area (Å²) >= 11 is 0. The second kappa shape index (κ2) is 8.46. The maximum absolute atomic E-state index is 12.2. The molecule has 1 amide bonds. The Hall–Kier alpha value is -2.64. The Morgan fingerprint density at radius 3 is 2.84 bits per heavy atom. The van der Waals surface area contributed by atoms with E-state index in [0.29, 0.717) is 19.6 Å². The van der Waals surface area contributed by atoms with Crippen molar-refractivity contribution in [1.82, 2.24) is 21.2 Å². The quantitative estimate of drug-likeness (QED) is 0.697. The lowest BCUT2D eigenvalue weighted by atomic mass is 10.1. The number of pyridine rings is 1. The number of benzene rings is 1. The van der Waals surface area contributed by atoms with Gasteiger partial charge in [-0.25, -0.2) is 5.43 Å². The molecule has 132 valence electrons. The summed E-state index contributed by atoms with van der Waals surface area (Å²) in [6, 6.07) is 11.0. The van der Waals surface area contributed by atoms with Crippen molar-refractivity contribution in [2.45, 2.75) is 25.0 Å². The van der Waals surface area contributed by atoms with Crippen LogP contribution in [0.4, 0.5) is 0 Å². The summed E-state index contributed by atoms with van der Waals surface area (Å²) in [6.45, 7) is 0.957. The SMILES string of the molecule is COc1cccc(OCC2CC(C(=O)NCc3ccncc3)NN2)c1. The number of amides is 1. The Kier molecular flexibility index (Phi) is 5.81. The fourth-order valence-electron chi connectivity index (χ4n) is 2.60. The molecule has 1 aliphatic heterocycles. The number of aromatic nitrogens is 1. The highest BCUT2D eigenvalue weighted by Gasteiger charge is 2.29. The van der Waals surface area contributed by atoms with Gasteiger partial charge in [-0.1, -0.05) is 6.07 Å². The third-order valence-corrected chi connectivity index (χ3v) is 4.01. The molecule has 7 nitrogen and oxygen atoms in total. The minimum absolute atomic E-state index is 0.0341. The maximum atomic E-state index is 12.2. The van der Waals surface area contributed by atoms with Crippen molar-refractivity contribution in [1.29, 1.82) is 0 Å². The number of nitrogens with one attached hydrogen (secondary N) is 3. The molecule has 25 heavy (non-hydrogen) atoms. The van der Waals surface area contributed by atoms with Gasteiger partial charge in [-0.05, 0) is 36.2 Å². The van der Waals surface area contributed by atoms with Crippen molar-refractivity contribution < 1.29 is 14.3 Å². The van der Waals surface area contributed by atoms with Crippen LogP contribution >= 0.6 is 0 Å². The molecule has 0 aliphatic carbocycles. The van der Waals surface area contributed by atoms with Gasteiger partial charge in [-0.2, -0.15) is 0 Å². The van der Waals surface area contributed by atoms with Crippen molar-refractivity contribution in [3.05, 3.63) is 54.4 Å². The van der Waals surface area contributed by atoms with Gasteiger partial charge in [0.05, 0.1) is 13.2 Å². The zero-order valence-corrected chi connectivity index (χ0v) is 14.1. The Labute approximate surface area is 146 Å². The van der Waals surface area contributed by atoms with Gasteiger partial charge in [0.1, 0.15) is 24.1 Å².